The summed E-state index contributed by atoms with van der Waals surface area (Å²) < 4.78 is 21.0. The quantitative estimate of drug-likeness (QED) is 0.156. The molecule has 1 aliphatic heterocycles. The van der Waals surface area contributed by atoms with Gasteiger partial charge in [0.2, 0.25) is 0 Å². The average molecular weight is 557 g/mol. The van der Waals surface area contributed by atoms with E-state index in [2.05, 4.69) is 9.84 Å². The predicted molar refractivity (Wildman–Crippen MR) is 141 cm³/mol. The number of unbranched alkanes of at least 4 members (excludes halogenated alkanes) is 3. The fourth-order valence-corrected chi connectivity index (χ4v) is 5.12. The SMILES string of the molecule is Nc1ccc2c(c1)OC1=CC(=O)C=CC1C2c1cc(C(=O)NCCCCCCOP(=O)(O)O)ccc1C(=O)O. The van der Waals surface area contributed by atoms with Crippen molar-refractivity contribution in [1.82, 2.24) is 5.32 Å². The number of hydrogen-bond acceptors (Lipinski definition) is 7. The number of amides is 1. The van der Waals surface area contributed by atoms with E-state index in [4.69, 9.17) is 20.3 Å². The van der Waals surface area contributed by atoms with Crippen molar-refractivity contribution in [1.29, 1.82) is 0 Å². The van der Waals surface area contributed by atoms with Crippen molar-refractivity contribution in [2.45, 2.75) is 31.6 Å². The van der Waals surface area contributed by atoms with Gasteiger partial charge in [0.25, 0.3) is 5.91 Å². The fraction of sp³-hybridized carbons (Fsp3) is 0.296. The molecule has 0 saturated carbocycles. The second-order valence-electron chi connectivity index (χ2n) is 9.31. The standard InChI is InChI=1S/C27H29N2O9P/c28-17-6-9-20-23(14-17)38-24-15-18(30)7-10-21(24)25(20)22-13-16(5-8-19(22)27(32)33)26(31)29-11-3-1-2-4-12-37-39(34,35)36/h5-10,13-15,21,25H,1-4,11-12,28H2,(H,29,31)(H,32,33)(H2,34,35,36). The lowest BCUT2D eigenvalue weighted by Crippen LogP contribution is -2.29. The molecule has 0 saturated heterocycles. The fourth-order valence-electron chi connectivity index (χ4n) is 4.75. The summed E-state index contributed by atoms with van der Waals surface area (Å²) in [7, 11) is -4.46. The first-order chi connectivity index (χ1) is 18.5. The number of carbonyl (C=O) groups is 3. The Kier molecular flexibility index (Phi) is 8.66. The number of carboxylic acids is 1. The second kappa shape index (κ2) is 12.0. The van der Waals surface area contributed by atoms with E-state index in [-0.39, 0.29) is 29.4 Å². The molecule has 11 nitrogen and oxygen atoms in total. The Morgan fingerprint density at radius 3 is 2.56 bits per heavy atom. The number of anilines is 1. The average Bonchev–Trinajstić information content (AvgIpc) is 2.87. The van der Waals surface area contributed by atoms with Crippen molar-refractivity contribution in [3.63, 3.8) is 0 Å². The molecule has 39 heavy (non-hydrogen) atoms. The van der Waals surface area contributed by atoms with Crippen LogP contribution in [0.2, 0.25) is 0 Å². The molecule has 1 aliphatic carbocycles. The van der Waals surface area contributed by atoms with Gasteiger partial charge in [-0.3, -0.25) is 14.1 Å². The van der Waals surface area contributed by atoms with Crippen molar-refractivity contribution in [3.05, 3.63) is 82.6 Å². The molecule has 12 heteroatoms. The Labute approximate surface area is 224 Å². The number of benzene rings is 2. The Hall–Kier alpha value is -3.76. The van der Waals surface area contributed by atoms with Gasteiger partial charge in [0.1, 0.15) is 11.5 Å². The van der Waals surface area contributed by atoms with Gasteiger partial charge in [0.15, 0.2) is 5.78 Å². The Balaban J connectivity index is 1.52. The zero-order valence-corrected chi connectivity index (χ0v) is 21.8. The second-order valence-corrected chi connectivity index (χ2v) is 10.6. The summed E-state index contributed by atoms with van der Waals surface area (Å²) in [6.07, 6.45) is 7.00. The summed E-state index contributed by atoms with van der Waals surface area (Å²) in [5.41, 5.74) is 7.81. The van der Waals surface area contributed by atoms with Crippen LogP contribution in [0.1, 0.15) is 63.4 Å². The topological polar surface area (TPSA) is 185 Å². The maximum Gasteiger partial charge on any atom is 0.469 e. The molecule has 0 fully saturated rings. The summed E-state index contributed by atoms with van der Waals surface area (Å²) in [5.74, 6) is -1.96. The molecule has 0 radical (unpaired) electrons. The zero-order valence-electron chi connectivity index (χ0n) is 20.9. The zero-order chi connectivity index (χ0) is 28.2. The Bertz CT molecular complexity index is 1400. The first kappa shape index (κ1) is 28.3. The lowest BCUT2D eigenvalue weighted by Gasteiger charge is -2.36. The van der Waals surface area contributed by atoms with E-state index >= 15 is 0 Å². The summed E-state index contributed by atoms with van der Waals surface area (Å²) in [4.78, 5) is 54.6. The van der Waals surface area contributed by atoms with E-state index in [1.54, 1.807) is 30.3 Å². The number of nitrogens with one attached hydrogen (secondary N) is 1. The van der Waals surface area contributed by atoms with Gasteiger partial charge in [-0.05, 0) is 48.7 Å². The van der Waals surface area contributed by atoms with Gasteiger partial charge in [0, 0.05) is 47.3 Å². The van der Waals surface area contributed by atoms with Crippen molar-refractivity contribution >= 4 is 31.2 Å². The van der Waals surface area contributed by atoms with Crippen molar-refractivity contribution in [3.8, 4) is 5.75 Å². The number of carbonyl (C=O) groups excluding carboxylic acids is 2. The van der Waals surface area contributed by atoms with Crippen LogP contribution in [0.4, 0.5) is 5.69 Å². The number of ether oxygens (including phenoxy) is 1. The van der Waals surface area contributed by atoms with Crippen molar-refractivity contribution in [2.75, 3.05) is 18.9 Å². The van der Waals surface area contributed by atoms with Crippen molar-refractivity contribution in [2.24, 2.45) is 5.92 Å². The molecule has 0 bridgehead atoms. The van der Waals surface area contributed by atoms with Gasteiger partial charge < -0.3 is 30.7 Å². The number of phosphoric acid groups is 1. The highest BCUT2D eigenvalue weighted by Crippen LogP contribution is 2.48. The molecule has 1 heterocycles. The highest BCUT2D eigenvalue weighted by molar-refractivity contribution is 7.46. The summed E-state index contributed by atoms with van der Waals surface area (Å²) >= 11 is 0. The van der Waals surface area contributed by atoms with Crippen LogP contribution < -0.4 is 15.8 Å². The maximum absolute atomic E-state index is 12.9. The molecule has 0 aromatic heterocycles. The van der Waals surface area contributed by atoms with Crippen molar-refractivity contribution < 1.29 is 43.1 Å². The Morgan fingerprint density at radius 2 is 1.82 bits per heavy atom. The van der Waals surface area contributed by atoms with Crippen LogP contribution in [0.25, 0.3) is 0 Å². The number of allylic oxidation sites excluding steroid dienone is 3. The van der Waals surface area contributed by atoms with Gasteiger partial charge in [-0.1, -0.05) is 25.0 Å². The molecule has 4 rings (SSSR count). The van der Waals surface area contributed by atoms with Gasteiger partial charge >= 0.3 is 13.8 Å². The minimum atomic E-state index is -4.46. The smallest absolute Gasteiger partial charge is 0.469 e. The van der Waals surface area contributed by atoms with Crippen LogP contribution in [0.15, 0.2) is 60.4 Å². The molecular weight excluding hydrogens is 527 g/mol. The van der Waals surface area contributed by atoms with E-state index in [0.717, 1.165) is 6.42 Å². The number of rotatable bonds is 11. The molecule has 2 aromatic rings. The summed E-state index contributed by atoms with van der Waals surface area (Å²) in [5, 5.41) is 12.8. The van der Waals surface area contributed by atoms with Gasteiger partial charge in [-0.25, -0.2) is 9.36 Å². The number of carboxylic acid groups (broad SMARTS) is 1. The lowest BCUT2D eigenvalue weighted by atomic mass is 9.74. The number of ketones is 1. The van der Waals surface area contributed by atoms with Crippen LogP contribution in [-0.2, 0) is 13.9 Å². The highest BCUT2D eigenvalue weighted by atomic mass is 31.2. The van der Waals surface area contributed by atoms with E-state index in [1.165, 1.54) is 24.3 Å². The number of phosphoric ester groups is 1. The number of nitrogens with two attached hydrogens (primary N) is 1. The third kappa shape index (κ3) is 7.01. The first-order valence-corrected chi connectivity index (χ1v) is 13.9. The third-order valence-corrected chi connectivity index (χ3v) is 7.05. The largest absolute Gasteiger partial charge is 0.478 e. The predicted octanol–water partition coefficient (Wildman–Crippen LogP) is 3.53. The van der Waals surface area contributed by atoms with Gasteiger partial charge in [-0.2, -0.15) is 0 Å². The van der Waals surface area contributed by atoms with E-state index in [0.29, 0.717) is 54.1 Å². The normalized spacial score (nSPS) is 18.0. The van der Waals surface area contributed by atoms with Crippen LogP contribution in [0, 0.1) is 5.92 Å². The van der Waals surface area contributed by atoms with Gasteiger partial charge in [0.05, 0.1) is 12.2 Å². The number of aromatic carboxylic acids is 1. The first-order valence-electron chi connectivity index (χ1n) is 12.4. The Morgan fingerprint density at radius 1 is 1.05 bits per heavy atom. The van der Waals surface area contributed by atoms with Crippen LogP contribution >= 0.6 is 7.82 Å². The van der Waals surface area contributed by atoms with E-state index in [1.807, 2.05) is 0 Å². The van der Waals surface area contributed by atoms with Crippen LogP contribution in [0.3, 0.4) is 0 Å². The number of nitrogen functional groups attached to an aromatic ring is 1. The van der Waals surface area contributed by atoms with E-state index in [9.17, 15) is 24.1 Å². The maximum atomic E-state index is 12.9. The molecule has 2 atom stereocenters. The van der Waals surface area contributed by atoms with E-state index < -0.39 is 25.6 Å². The minimum absolute atomic E-state index is 0.0309. The molecule has 2 unspecified atom stereocenters. The summed E-state index contributed by atoms with van der Waals surface area (Å²) in [6.45, 7) is 0.326. The molecule has 2 aliphatic rings. The molecule has 6 N–H and O–H groups in total. The molecule has 206 valence electrons. The van der Waals surface area contributed by atoms with Crippen LogP contribution in [0.5, 0.6) is 5.75 Å². The molecular formula is C27H29N2O9P. The van der Waals surface area contributed by atoms with Crippen LogP contribution in [-0.4, -0.2) is 45.7 Å². The third-order valence-electron chi connectivity index (χ3n) is 6.54. The molecule has 2 aromatic carbocycles. The minimum Gasteiger partial charge on any atom is -0.478 e. The van der Waals surface area contributed by atoms with Gasteiger partial charge in [-0.15, -0.1) is 0 Å². The molecule has 0 spiro atoms. The number of fused-ring (bicyclic) bond motifs is 2. The highest BCUT2D eigenvalue weighted by Gasteiger charge is 2.38. The monoisotopic (exact) mass is 556 g/mol. The summed E-state index contributed by atoms with van der Waals surface area (Å²) in [6, 6.07) is 9.51. The number of hydrogen-bond donors (Lipinski definition) is 5. The molecule has 1 amide bonds. The lowest BCUT2D eigenvalue weighted by molar-refractivity contribution is -0.110.